The molecule has 86 valence electrons. The lowest BCUT2D eigenvalue weighted by Gasteiger charge is -2.06. The number of nitro benzene ring substituents is 1. The normalized spacial score (nSPS) is 10.4. The summed E-state index contributed by atoms with van der Waals surface area (Å²) in [7, 11) is 0. The Morgan fingerprint density at radius 1 is 1.50 bits per heavy atom. The highest BCUT2D eigenvalue weighted by atomic mass is 32.2. The topological polar surface area (TPSA) is 60.2 Å². The minimum Gasteiger partial charge on any atom is -0.298 e. The zero-order valence-electron chi connectivity index (χ0n) is 9.17. The molecule has 0 amide bonds. The van der Waals surface area contributed by atoms with Gasteiger partial charge in [0, 0.05) is 28.3 Å². The standard InChI is InChI=1S/C11H13NO3S/c1-8(2)7-16-11-4-3-10(12(14)15)5-9(11)6-13/h3-6,8H,7H2,1-2H3. The molecule has 0 spiro atoms. The SMILES string of the molecule is CC(C)CSc1ccc([N+](=O)[O-])cc1C=O. The highest BCUT2D eigenvalue weighted by molar-refractivity contribution is 7.99. The molecule has 0 atom stereocenters. The molecule has 0 aliphatic carbocycles. The monoisotopic (exact) mass is 239 g/mol. The van der Waals surface area contributed by atoms with Crippen LogP contribution < -0.4 is 0 Å². The van der Waals surface area contributed by atoms with Crippen LogP contribution in [-0.4, -0.2) is 17.0 Å². The molecular formula is C11H13NO3S. The molecule has 0 aromatic heterocycles. The van der Waals surface area contributed by atoms with Crippen molar-refractivity contribution in [2.45, 2.75) is 18.7 Å². The van der Waals surface area contributed by atoms with Crippen molar-refractivity contribution in [1.82, 2.24) is 0 Å². The summed E-state index contributed by atoms with van der Waals surface area (Å²) in [5.41, 5.74) is 0.343. The van der Waals surface area contributed by atoms with Crippen molar-refractivity contribution >= 4 is 23.7 Å². The maximum Gasteiger partial charge on any atom is 0.270 e. The van der Waals surface area contributed by atoms with Gasteiger partial charge in [0.2, 0.25) is 0 Å². The van der Waals surface area contributed by atoms with Crippen LogP contribution in [0.15, 0.2) is 23.1 Å². The predicted octanol–water partition coefficient (Wildman–Crippen LogP) is 3.16. The first kappa shape index (κ1) is 12.7. The molecule has 1 rings (SSSR count). The van der Waals surface area contributed by atoms with Gasteiger partial charge in [-0.15, -0.1) is 11.8 Å². The van der Waals surface area contributed by atoms with E-state index in [0.717, 1.165) is 10.6 Å². The van der Waals surface area contributed by atoms with Crippen molar-refractivity contribution in [2.24, 2.45) is 5.92 Å². The number of aldehydes is 1. The number of non-ortho nitro benzene ring substituents is 1. The van der Waals surface area contributed by atoms with E-state index in [1.165, 1.54) is 12.1 Å². The van der Waals surface area contributed by atoms with E-state index in [2.05, 4.69) is 13.8 Å². The Morgan fingerprint density at radius 2 is 2.19 bits per heavy atom. The molecular weight excluding hydrogens is 226 g/mol. The van der Waals surface area contributed by atoms with E-state index in [1.807, 2.05) is 0 Å². The maximum absolute atomic E-state index is 10.8. The van der Waals surface area contributed by atoms with Crippen molar-refractivity contribution in [3.8, 4) is 0 Å². The fourth-order valence-corrected chi connectivity index (χ4v) is 2.08. The lowest BCUT2D eigenvalue weighted by Crippen LogP contribution is -1.95. The van der Waals surface area contributed by atoms with Gasteiger partial charge in [-0.25, -0.2) is 0 Å². The average molecular weight is 239 g/mol. The number of carbonyl (C=O) groups is 1. The van der Waals surface area contributed by atoms with Crippen molar-refractivity contribution in [1.29, 1.82) is 0 Å². The summed E-state index contributed by atoms with van der Waals surface area (Å²) in [5, 5.41) is 10.5. The molecule has 0 bridgehead atoms. The number of thioether (sulfide) groups is 1. The molecule has 0 heterocycles. The largest absolute Gasteiger partial charge is 0.298 e. The Kier molecular flexibility index (Phi) is 4.49. The van der Waals surface area contributed by atoms with Gasteiger partial charge < -0.3 is 0 Å². The van der Waals surface area contributed by atoms with Gasteiger partial charge in [0.05, 0.1) is 4.92 Å². The summed E-state index contributed by atoms with van der Waals surface area (Å²) < 4.78 is 0. The van der Waals surface area contributed by atoms with Gasteiger partial charge in [0.1, 0.15) is 0 Å². The maximum atomic E-state index is 10.8. The lowest BCUT2D eigenvalue weighted by atomic mass is 10.2. The molecule has 0 aliphatic rings. The Balaban J connectivity index is 2.93. The highest BCUT2D eigenvalue weighted by Crippen LogP contribution is 2.26. The van der Waals surface area contributed by atoms with Gasteiger partial charge in [-0.1, -0.05) is 13.8 Å². The quantitative estimate of drug-likeness (QED) is 0.343. The second-order valence-corrected chi connectivity index (χ2v) is 4.86. The number of carbonyl (C=O) groups excluding carboxylic acids is 1. The van der Waals surface area contributed by atoms with Crippen molar-refractivity contribution in [3.63, 3.8) is 0 Å². The van der Waals surface area contributed by atoms with Gasteiger partial charge in [-0.05, 0) is 12.0 Å². The Morgan fingerprint density at radius 3 is 2.69 bits per heavy atom. The summed E-state index contributed by atoms with van der Waals surface area (Å²) in [6.45, 7) is 4.16. The predicted molar refractivity (Wildman–Crippen MR) is 64.0 cm³/mol. The molecule has 1 aromatic rings. The van der Waals surface area contributed by atoms with Crippen LogP contribution in [0.3, 0.4) is 0 Å². The number of nitrogens with zero attached hydrogens (tertiary/aromatic N) is 1. The minimum absolute atomic E-state index is 0.0454. The molecule has 1 aromatic carbocycles. The average Bonchev–Trinajstić information content (AvgIpc) is 2.25. The second kappa shape index (κ2) is 5.65. The third kappa shape index (κ3) is 3.34. The number of nitro groups is 1. The van der Waals surface area contributed by atoms with Crippen molar-refractivity contribution < 1.29 is 9.72 Å². The van der Waals surface area contributed by atoms with Gasteiger partial charge >= 0.3 is 0 Å². The van der Waals surface area contributed by atoms with E-state index in [4.69, 9.17) is 0 Å². The van der Waals surface area contributed by atoms with Crippen LogP contribution in [0.5, 0.6) is 0 Å². The molecule has 0 N–H and O–H groups in total. The smallest absolute Gasteiger partial charge is 0.270 e. The number of benzene rings is 1. The first-order chi connectivity index (χ1) is 7.54. The Labute approximate surface area is 98.2 Å². The molecule has 0 unspecified atom stereocenters. The molecule has 0 saturated heterocycles. The third-order valence-electron chi connectivity index (χ3n) is 1.90. The van der Waals surface area contributed by atoms with Crippen LogP contribution in [0.1, 0.15) is 24.2 Å². The van der Waals surface area contributed by atoms with Crippen LogP contribution in [0.2, 0.25) is 0 Å². The van der Waals surface area contributed by atoms with Crippen LogP contribution in [0.25, 0.3) is 0 Å². The molecule has 0 radical (unpaired) electrons. The first-order valence-electron chi connectivity index (χ1n) is 4.91. The fourth-order valence-electron chi connectivity index (χ4n) is 1.13. The third-order valence-corrected chi connectivity index (χ3v) is 3.42. The Hall–Kier alpha value is -1.36. The zero-order chi connectivity index (χ0) is 12.1. The summed E-state index contributed by atoms with van der Waals surface area (Å²) in [4.78, 5) is 21.6. The van der Waals surface area contributed by atoms with Crippen LogP contribution >= 0.6 is 11.8 Å². The van der Waals surface area contributed by atoms with E-state index < -0.39 is 4.92 Å². The van der Waals surface area contributed by atoms with Crippen LogP contribution in [0, 0.1) is 16.0 Å². The second-order valence-electron chi connectivity index (χ2n) is 3.80. The summed E-state index contributed by atoms with van der Waals surface area (Å²) >= 11 is 1.55. The van der Waals surface area contributed by atoms with Gasteiger partial charge in [-0.3, -0.25) is 14.9 Å². The van der Waals surface area contributed by atoms with E-state index in [-0.39, 0.29) is 5.69 Å². The van der Waals surface area contributed by atoms with E-state index in [0.29, 0.717) is 17.8 Å². The zero-order valence-corrected chi connectivity index (χ0v) is 9.99. The van der Waals surface area contributed by atoms with Gasteiger partial charge in [0.15, 0.2) is 6.29 Å². The summed E-state index contributed by atoms with van der Waals surface area (Å²) in [6.07, 6.45) is 0.662. The molecule has 5 heteroatoms. The van der Waals surface area contributed by atoms with Crippen LogP contribution in [-0.2, 0) is 0 Å². The molecule has 0 aliphatic heterocycles. The highest BCUT2D eigenvalue weighted by Gasteiger charge is 2.10. The van der Waals surface area contributed by atoms with Gasteiger partial charge in [-0.2, -0.15) is 0 Å². The lowest BCUT2D eigenvalue weighted by molar-refractivity contribution is -0.384. The minimum atomic E-state index is -0.496. The van der Waals surface area contributed by atoms with E-state index >= 15 is 0 Å². The first-order valence-corrected chi connectivity index (χ1v) is 5.89. The fraction of sp³-hybridized carbons (Fsp3) is 0.364. The number of hydrogen-bond acceptors (Lipinski definition) is 4. The molecule has 0 fully saturated rings. The number of hydrogen-bond donors (Lipinski definition) is 0. The van der Waals surface area contributed by atoms with E-state index in [1.54, 1.807) is 17.8 Å². The summed E-state index contributed by atoms with van der Waals surface area (Å²) in [5.74, 6) is 1.40. The molecule has 4 nitrogen and oxygen atoms in total. The van der Waals surface area contributed by atoms with Crippen molar-refractivity contribution in [2.75, 3.05) is 5.75 Å². The van der Waals surface area contributed by atoms with Crippen molar-refractivity contribution in [3.05, 3.63) is 33.9 Å². The molecule has 0 saturated carbocycles. The summed E-state index contributed by atoms with van der Waals surface area (Å²) in [6, 6.07) is 4.38. The van der Waals surface area contributed by atoms with Gasteiger partial charge in [0.25, 0.3) is 5.69 Å². The molecule has 16 heavy (non-hydrogen) atoms. The van der Waals surface area contributed by atoms with Crippen LogP contribution in [0.4, 0.5) is 5.69 Å². The van der Waals surface area contributed by atoms with E-state index in [9.17, 15) is 14.9 Å². The Bertz CT molecular complexity index is 404. The number of rotatable bonds is 5.